The Morgan fingerprint density at radius 1 is 1.15 bits per heavy atom. The summed E-state index contributed by atoms with van der Waals surface area (Å²) in [4.78, 5) is 13.4. The van der Waals surface area contributed by atoms with E-state index in [2.05, 4.69) is 4.98 Å². The molecule has 5 nitrogen and oxygen atoms in total. The maximum absolute atomic E-state index is 10.4. The molecule has 0 saturated carbocycles. The third-order valence-electron chi connectivity index (χ3n) is 4.02. The van der Waals surface area contributed by atoms with E-state index in [0.29, 0.717) is 0 Å². The number of benzene rings is 2. The minimum Gasteiger partial charge on any atom is -0.550 e. The highest BCUT2D eigenvalue weighted by Gasteiger charge is 2.08. The average molecular weight is 400 g/mol. The molecule has 0 amide bonds. The van der Waals surface area contributed by atoms with E-state index < -0.39 is 5.97 Å². The zero-order valence-corrected chi connectivity index (χ0v) is 16.0. The van der Waals surface area contributed by atoms with E-state index in [9.17, 15) is 9.90 Å². The molecule has 0 fully saturated rings. The van der Waals surface area contributed by atoms with Crippen molar-refractivity contribution in [2.45, 2.75) is 13.0 Å². The number of aliphatic carboxylic acids is 1. The van der Waals surface area contributed by atoms with Crippen LogP contribution in [0.4, 0.5) is 5.13 Å². The maximum atomic E-state index is 10.4. The lowest BCUT2D eigenvalue weighted by atomic mass is 10.1. The van der Waals surface area contributed by atoms with Crippen molar-refractivity contribution in [1.29, 1.82) is 0 Å². The number of carboxylic acids is 1. The van der Waals surface area contributed by atoms with Crippen LogP contribution in [0.3, 0.4) is 0 Å². The summed E-state index contributed by atoms with van der Waals surface area (Å²) >= 11 is 7.57. The van der Waals surface area contributed by atoms with Crippen molar-refractivity contribution in [1.82, 2.24) is 4.98 Å². The van der Waals surface area contributed by atoms with Gasteiger partial charge in [0.2, 0.25) is 0 Å². The molecule has 0 unspecified atom stereocenters. The van der Waals surface area contributed by atoms with Crippen LogP contribution >= 0.6 is 22.9 Å². The van der Waals surface area contributed by atoms with Crippen molar-refractivity contribution in [2.75, 3.05) is 5.73 Å². The average Bonchev–Trinajstić information content (AvgIpc) is 3.24. The summed E-state index contributed by atoms with van der Waals surface area (Å²) in [5, 5.41) is 14.9. The molecule has 2 aromatic heterocycles. The van der Waals surface area contributed by atoms with Gasteiger partial charge >= 0.3 is 5.13 Å². The van der Waals surface area contributed by atoms with Gasteiger partial charge in [-0.05, 0) is 17.7 Å². The molecule has 0 aliphatic rings. The van der Waals surface area contributed by atoms with Gasteiger partial charge in [-0.1, -0.05) is 59.3 Å². The molecule has 0 saturated heterocycles. The highest BCUT2D eigenvalue weighted by atomic mass is 35.5. The van der Waals surface area contributed by atoms with Crippen molar-refractivity contribution < 1.29 is 14.5 Å². The van der Waals surface area contributed by atoms with Crippen molar-refractivity contribution in [3.05, 3.63) is 82.5 Å². The topological polar surface area (TPSA) is 85.8 Å². The minimum absolute atomic E-state index is 0.0377. The van der Waals surface area contributed by atoms with Crippen LogP contribution in [0.25, 0.3) is 10.9 Å². The third-order valence-corrected chi connectivity index (χ3v) is 5.12. The number of halogens is 1. The van der Waals surface area contributed by atoms with Gasteiger partial charge in [-0.2, -0.15) is 0 Å². The number of aromatic nitrogens is 2. The van der Waals surface area contributed by atoms with E-state index >= 15 is 0 Å². The number of nitrogen functional groups attached to an aromatic ring is 1. The van der Waals surface area contributed by atoms with E-state index in [0.717, 1.165) is 38.7 Å². The molecule has 0 radical (unpaired) electrons. The van der Waals surface area contributed by atoms with Crippen LogP contribution in [0.15, 0.2) is 66.3 Å². The van der Waals surface area contributed by atoms with Gasteiger partial charge in [0, 0.05) is 45.5 Å². The molecule has 2 aromatic carbocycles. The van der Waals surface area contributed by atoms with E-state index in [1.165, 1.54) is 11.3 Å². The summed E-state index contributed by atoms with van der Waals surface area (Å²) < 4.78 is 1.98. The zero-order valence-electron chi connectivity index (χ0n) is 14.4. The molecule has 4 aromatic rings. The first kappa shape index (κ1) is 18.9. The lowest BCUT2D eigenvalue weighted by molar-refractivity contribution is -0.669. The zero-order chi connectivity index (χ0) is 19.2. The first-order valence-electron chi connectivity index (χ1n) is 8.25. The normalized spacial score (nSPS) is 10.4. The first-order valence-corrected chi connectivity index (χ1v) is 9.51. The summed E-state index contributed by atoms with van der Waals surface area (Å²) in [6, 6.07) is 15.4. The van der Waals surface area contributed by atoms with Gasteiger partial charge < -0.3 is 14.9 Å². The largest absolute Gasteiger partial charge is 0.550 e. The first-order chi connectivity index (χ1) is 13.0. The van der Waals surface area contributed by atoms with E-state index in [-0.39, 0.29) is 6.42 Å². The summed E-state index contributed by atoms with van der Waals surface area (Å²) in [6.07, 6.45) is 3.63. The molecule has 0 bridgehead atoms. The smallest absolute Gasteiger partial charge is 0.331 e. The van der Waals surface area contributed by atoms with Crippen molar-refractivity contribution in [3.63, 3.8) is 0 Å². The fraction of sp³-hybridized carbons (Fsp3) is 0.100. The van der Waals surface area contributed by atoms with Gasteiger partial charge in [-0.15, -0.1) is 0 Å². The number of anilines is 1. The molecule has 0 spiro atoms. The molecule has 4 rings (SSSR count). The highest BCUT2D eigenvalue weighted by Crippen LogP contribution is 2.17. The molecule has 0 atom stereocenters. The molecule has 0 aliphatic carbocycles. The Labute approximate surface area is 165 Å². The summed E-state index contributed by atoms with van der Waals surface area (Å²) in [5.74, 6) is -1.05. The lowest BCUT2D eigenvalue weighted by Gasteiger charge is -2.01. The SMILES string of the molecule is Nc1scc[n+]1Cc1ccccc1Cl.O=C([O-])Cc1c[nH]c2ccccc12. The Balaban J connectivity index is 0.000000156. The standard InChI is InChI=1S/C10H9ClN2S.C10H9NO2/c11-9-4-2-1-3-8(9)7-13-5-6-14-10(13)12;12-10(13)5-7-6-11-9-4-2-1-3-8(7)9/h1-6,12H,7H2;1-4,6,11H,5H2,(H,12,13). The monoisotopic (exact) mass is 399 g/mol. The van der Waals surface area contributed by atoms with Gasteiger partial charge in [0.1, 0.15) is 12.7 Å². The number of carbonyl (C=O) groups is 1. The van der Waals surface area contributed by atoms with Crippen LogP contribution < -0.4 is 15.4 Å². The van der Waals surface area contributed by atoms with Gasteiger partial charge in [0.05, 0.1) is 0 Å². The maximum Gasteiger partial charge on any atom is 0.331 e. The molecule has 27 heavy (non-hydrogen) atoms. The Bertz CT molecular complexity index is 1060. The lowest BCUT2D eigenvalue weighted by Crippen LogP contribution is -2.34. The number of hydrogen-bond acceptors (Lipinski definition) is 4. The number of nitrogens with zero attached hydrogens (tertiary/aromatic N) is 1. The van der Waals surface area contributed by atoms with Gasteiger partial charge in [0.25, 0.3) is 0 Å². The number of para-hydroxylation sites is 1. The molecule has 2 heterocycles. The van der Waals surface area contributed by atoms with E-state index in [4.69, 9.17) is 17.3 Å². The Morgan fingerprint density at radius 3 is 2.59 bits per heavy atom. The second-order valence-electron chi connectivity index (χ2n) is 5.87. The van der Waals surface area contributed by atoms with Gasteiger partial charge in [-0.3, -0.25) is 5.73 Å². The number of hydrogen-bond donors (Lipinski definition) is 2. The molecule has 0 aliphatic heterocycles. The second kappa shape index (κ2) is 8.70. The van der Waals surface area contributed by atoms with Gasteiger partial charge in [-0.25, -0.2) is 4.57 Å². The van der Waals surface area contributed by atoms with Crippen LogP contribution in [0, 0.1) is 0 Å². The second-order valence-corrected chi connectivity index (χ2v) is 7.20. The Kier molecular flexibility index (Phi) is 6.11. The fourth-order valence-corrected chi connectivity index (χ4v) is 3.49. The van der Waals surface area contributed by atoms with Crippen LogP contribution in [0.5, 0.6) is 0 Å². The number of rotatable bonds is 4. The number of aromatic amines is 1. The number of carboxylic acid groups (broad SMARTS) is 1. The predicted molar refractivity (Wildman–Crippen MR) is 106 cm³/mol. The molecule has 138 valence electrons. The number of nitrogens with two attached hydrogens (primary N) is 1. The third kappa shape index (κ3) is 4.87. The van der Waals surface area contributed by atoms with Crippen LogP contribution in [0.2, 0.25) is 5.02 Å². The number of carbonyl (C=O) groups excluding carboxylic acids is 1. The fourth-order valence-electron chi connectivity index (χ4n) is 2.69. The number of thiazole rings is 1. The number of H-pyrrole nitrogens is 1. The summed E-state index contributed by atoms with van der Waals surface area (Å²) in [6.45, 7) is 0.731. The predicted octanol–water partition coefficient (Wildman–Crippen LogP) is 2.78. The van der Waals surface area contributed by atoms with Crippen LogP contribution in [0.1, 0.15) is 11.1 Å². The Hall–Kier alpha value is -2.83. The van der Waals surface area contributed by atoms with E-state index in [1.54, 1.807) is 6.20 Å². The number of fused-ring (bicyclic) bond motifs is 1. The van der Waals surface area contributed by atoms with Gasteiger partial charge in [0.15, 0.2) is 0 Å². The van der Waals surface area contributed by atoms with Crippen molar-refractivity contribution in [3.8, 4) is 0 Å². The molecular formula is C20H18ClN3O2S. The van der Waals surface area contributed by atoms with Crippen LogP contribution in [-0.4, -0.2) is 11.0 Å². The number of nitrogens with one attached hydrogen (secondary N) is 1. The van der Waals surface area contributed by atoms with Crippen molar-refractivity contribution in [2.24, 2.45) is 0 Å². The summed E-state index contributed by atoms with van der Waals surface area (Å²) in [5.41, 5.74) is 8.60. The van der Waals surface area contributed by atoms with Crippen LogP contribution in [-0.2, 0) is 17.8 Å². The Morgan fingerprint density at radius 2 is 1.89 bits per heavy atom. The highest BCUT2D eigenvalue weighted by molar-refractivity contribution is 7.12. The summed E-state index contributed by atoms with van der Waals surface area (Å²) in [7, 11) is 0. The van der Waals surface area contributed by atoms with E-state index in [1.807, 2.05) is 64.7 Å². The molecule has 3 N–H and O–H groups in total. The quantitative estimate of drug-likeness (QED) is 0.517. The molecular weight excluding hydrogens is 382 g/mol. The van der Waals surface area contributed by atoms with Crippen molar-refractivity contribution >= 4 is 44.9 Å². The minimum atomic E-state index is -1.05. The molecule has 7 heteroatoms.